The summed E-state index contributed by atoms with van der Waals surface area (Å²) in [6.45, 7) is 9.16. The molecule has 1 amide bonds. The first-order valence-electron chi connectivity index (χ1n) is 8.34. The standard InChI is InChI=1S/C17H24F3N3O2/c1-11(2)9-23-6-7-25-13(10-23)8-21-16(24)14-4-5-15(17(18,19)20)22-12(14)3/h4-5,11,13H,6-10H2,1-3H3,(H,21,24). The van der Waals surface area contributed by atoms with Crippen molar-refractivity contribution >= 4 is 5.91 Å². The van der Waals surface area contributed by atoms with Crippen LogP contribution in [-0.4, -0.2) is 54.7 Å². The van der Waals surface area contributed by atoms with Gasteiger partial charge in [0.15, 0.2) is 0 Å². The molecule has 0 bridgehead atoms. The molecule has 1 atom stereocenters. The van der Waals surface area contributed by atoms with Crippen LogP contribution in [0.25, 0.3) is 0 Å². The van der Waals surface area contributed by atoms with E-state index in [9.17, 15) is 18.0 Å². The Morgan fingerprint density at radius 2 is 2.16 bits per heavy atom. The van der Waals surface area contributed by atoms with Crippen molar-refractivity contribution < 1.29 is 22.7 Å². The maximum absolute atomic E-state index is 12.6. The monoisotopic (exact) mass is 359 g/mol. The van der Waals surface area contributed by atoms with Crippen LogP contribution < -0.4 is 5.32 Å². The van der Waals surface area contributed by atoms with Crippen molar-refractivity contribution in [2.45, 2.75) is 33.1 Å². The van der Waals surface area contributed by atoms with Crippen molar-refractivity contribution in [3.63, 3.8) is 0 Å². The van der Waals surface area contributed by atoms with Crippen molar-refractivity contribution in [1.29, 1.82) is 0 Å². The highest BCUT2D eigenvalue weighted by atomic mass is 19.4. The molecule has 1 N–H and O–H groups in total. The number of carbonyl (C=O) groups excluding carboxylic acids is 1. The number of carbonyl (C=O) groups is 1. The second-order valence-corrected chi connectivity index (χ2v) is 6.68. The number of hydrogen-bond donors (Lipinski definition) is 1. The second-order valence-electron chi connectivity index (χ2n) is 6.68. The number of ether oxygens (including phenoxy) is 1. The van der Waals surface area contributed by atoms with Gasteiger partial charge in [-0.05, 0) is 25.0 Å². The third-order valence-electron chi connectivity index (χ3n) is 3.96. The second kappa shape index (κ2) is 8.14. The molecule has 1 aliphatic heterocycles. The smallest absolute Gasteiger partial charge is 0.374 e. The Hall–Kier alpha value is -1.67. The lowest BCUT2D eigenvalue weighted by Crippen LogP contribution is -2.48. The number of halogens is 3. The number of alkyl halides is 3. The molecule has 25 heavy (non-hydrogen) atoms. The number of aromatic nitrogens is 1. The normalized spacial score (nSPS) is 19.2. The minimum Gasteiger partial charge on any atom is -0.374 e. The van der Waals surface area contributed by atoms with Gasteiger partial charge in [-0.2, -0.15) is 13.2 Å². The summed E-state index contributed by atoms with van der Waals surface area (Å²) in [6, 6.07) is 1.98. The SMILES string of the molecule is Cc1nc(C(F)(F)F)ccc1C(=O)NCC1CN(CC(C)C)CCO1. The summed E-state index contributed by atoms with van der Waals surface area (Å²) in [5.41, 5.74) is -0.803. The number of aryl methyl sites for hydroxylation is 1. The van der Waals surface area contributed by atoms with E-state index in [0.717, 1.165) is 31.8 Å². The van der Waals surface area contributed by atoms with E-state index in [1.807, 2.05) is 0 Å². The number of nitrogens with zero attached hydrogens (tertiary/aromatic N) is 2. The van der Waals surface area contributed by atoms with Crippen LogP contribution in [0.3, 0.4) is 0 Å². The third kappa shape index (κ3) is 5.67. The maximum atomic E-state index is 12.6. The molecule has 1 aliphatic rings. The summed E-state index contributed by atoms with van der Waals surface area (Å²) in [6.07, 6.45) is -4.64. The minimum absolute atomic E-state index is 0.0540. The molecule has 1 saturated heterocycles. The minimum atomic E-state index is -4.52. The number of amides is 1. The fourth-order valence-electron chi connectivity index (χ4n) is 2.85. The molecule has 0 aliphatic carbocycles. The third-order valence-corrected chi connectivity index (χ3v) is 3.96. The van der Waals surface area contributed by atoms with Gasteiger partial charge in [0.1, 0.15) is 5.69 Å². The van der Waals surface area contributed by atoms with Gasteiger partial charge in [0, 0.05) is 26.2 Å². The Morgan fingerprint density at radius 1 is 1.44 bits per heavy atom. The van der Waals surface area contributed by atoms with E-state index in [2.05, 4.69) is 29.0 Å². The summed E-state index contributed by atoms with van der Waals surface area (Å²) in [4.78, 5) is 18.0. The van der Waals surface area contributed by atoms with Crippen LogP contribution in [0.15, 0.2) is 12.1 Å². The van der Waals surface area contributed by atoms with Gasteiger partial charge in [-0.25, -0.2) is 4.98 Å². The molecule has 2 heterocycles. The molecular weight excluding hydrogens is 335 g/mol. The van der Waals surface area contributed by atoms with Crippen molar-refractivity contribution in [2.24, 2.45) is 5.92 Å². The summed E-state index contributed by atoms with van der Waals surface area (Å²) in [7, 11) is 0. The molecule has 0 radical (unpaired) electrons. The number of nitrogens with one attached hydrogen (secondary N) is 1. The first-order chi connectivity index (χ1) is 11.7. The maximum Gasteiger partial charge on any atom is 0.433 e. The highest BCUT2D eigenvalue weighted by Crippen LogP contribution is 2.28. The van der Waals surface area contributed by atoms with Crippen LogP contribution in [0.1, 0.15) is 35.6 Å². The molecule has 5 nitrogen and oxygen atoms in total. The topological polar surface area (TPSA) is 54.5 Å². The van der Waals surface area contributed by atoms with Gasteiger partial charge >= 0.3 is 6.18 Å². The number of rotatable bonds is 5. The van der Waals surface area contributed by atoms with Crippen LogP contribution in [0.4, 0.5) is 13.2 Å². The predicted molar refractivity (Wildman–Crippen MR) is 87.3 cm³/mol. The Labute approximate surface area is 145 Å². The molecule has 2 rings (SSSR count). The van der Waals surface area contributed by atoms with Crippen LogP contribution >= 0.6 is 0 Å². The van der Waals surface area contributed by atoms with E-state index in [1.165, 1.54) is 6.92 Å². The van der Waals surface area contributed by atoms with Crippen LogP contribution in [0.2, 0.25) is 0 Å². The zero-order valence-corrected chi connectivity index (χ0v) is 14.7. The van der Waals surface area contributed by atoms with Crippen LogP contribution in [-0.2, 0) is 10.9 Å². The van der Waals surface area contributed by atoms with Gasteiger partial charge in [-0.3, -0.25) is 9.69 Å². The average Bonchev–Trinajstić information content (AvgIpc) is 2.51. The van der Waals surface area contributed by atoms with E-state index < -0.39 is 17.8 Å². The summed E-state index contributed by atoms with van der Waals surface area (Å²) in [5, 5.41) is 2.73. The summed E-state index contributed by atoms with van der Waals surface area (Å²) < 4.78 is 43.6. The molecule has 1 aromatic heterocycles. The lowest BCUT2D eigenvalue weighted by molar-refractivity contribution is -0.141. The van der Waals surface area contributed by atoms with Gasteiger partial charge in [0.25, 0.3) is 5.91 Å². The molecule has 0 saturated carbocycles. The molecule has 1 unspecified atom stereocenters. The summed E-state index contributed by atoms with van der Waals surface area (Å²) >= 11 is 0. The first-order valence-corrected chi connectivity index (χ1v) is 8.34. The van der Waals surface area contributed by atoms with Crippen LogP contribution in [0, 0.1) is 12.8 Å². The highest BCUT2D eigenvalue weighted by molar-refractivity contribution is 5.95. The van der Waals surface area contributed by atoms with Crippen molar-refractivity contribution in [1.82, 2.24) is 15.2 Å². The Morgan fingerprint density at radius 3 is 2.76 bits per heavy atom. The molecule has 8 heteroatoms. The largest absolute Gasteiger partial charge is 0.433 e. The average molecular weight is 359 g/mol. The van der Waals surface area contributed by atoms with E-state index in [-0.39, 0.29) is 17.4 Å². The fraction of sp³-hybridized carbons (Fsp3) is 0.647. The predicted octanol–water partition coefficient (Wildman–Crippen LogP) is 2.50. The van der Waals surface area contributed by atoms with Crippen molar-refractivity contribution in [3.8, 4) is 0 Å². The molecule has 0 aromatic carbocycles. The highest BCUT2D eigenvalue weighted by Gasteiger charge is 2.33. The van der Waals surface area contributed by atoms with E-state index in [0.29, 0.717) is 19.1 Å². The molecule has 0 spiro atoms. The van der Waals surface area contributed by atoms with Crippen molar-refractivity contribution in [2.75, 3.05) is 32.8 Å². The first kappa shape index (κ1) is 19.7. The van der Waals surface area contributed by atoms with Gasteiger partial charge in [-0.15, -0.1) is 0 Å². The van der Waals surface area contributed by atoms with Crippen LogP contribution in [0.5, 0.6) is 0 Å². The molecule has 1 aromatic rings. The quantitative estimate of drug-likeness (QED) is 0.878. The molecular formula is C17H24F3N3O2. The van der Waals surface area contributed by atoms with E-state index in [4.69, 9.17) is 4.74 Å². The van der Waals surface area contributed by atoms with Gasteiger partial charge < -0.3 is 10.1 Å². The lowest BCUT2D eigenvalue weighted by Gasteiger charge is -2.34. The zero-order chi connectivity index (χ0) is 18.6. The lowest BCUT2D eigenvalue weighted by atomic mass is 10.1. The van der Waals surface area contributed by atoms with Crippen molar-refractivity contribution in [3.05, 3.63) is 29.1 Å². The van der Waals surface area contributed by atoms with E-state index >= 15 is 0 Å². The Bertz CT molecular complexity index is 605. The Balaban J connectivity index is 1.92. The Kier molecular flexibility index (Phi) is 6.40. The van der Waals surface area contributed by atoms with Gasteiger partial charge in [-0.1, -0.05) is 13.8 Å². The van der Waals surface area contributed by atoms with Gasteiger partial charge in [0.2, 0.25) is 0 Å². The zero-order valence-electron chi connectivity index (χ0n) is 14.7. The number of pyridine rings is 1. The molecule has 1 fully saturated rings. The molecule has 140 valence electrons. The number of morpholine rings is 1. The fourth-order valence-corrected chi connectivity index (χ4v) is 2.85. The van der Waals surface area contributed by atoms with Gasteiger partial charge in [0.05, 0.1) is 24.0 Å². The van der Waals surface area contributed by atoms with E-state index in [1.54, 1.807) is 0 Å². The number of hydrogen-bond acceptors (Lipinski definition) is 4. The summed E-state index contributed by atoms with van der Waals surface area (Å²) in [5.74, 6) is 0.109.